The van der Waals surface area contributed by atoms with E-state index in [1.807, 2.05) is 0 Å². The van der Waals surface area contributed by atoms with Gasteiger partial charge in [-0.25, -0.2) is 4.79 Å². The lowest BCUT2D eigenvalue weighted by atomic mass is 10.2. The Labute approximate surface area is 111 Å². The number of hydrogen-bond donors (Lipinski definition) is 1. The first kappa shape index (κ1) is 15.3. The molecule has 0 saturated heterocycles. The Kier molecular flexibility index (Phi) is 4.39. The number of methoxy groups -OCH3 is 2. The molecule has 0 aromatic carbocycles. The number of carbonyl (C=O) groups excluding carboxylic acids is 3. The van der Waals surface area contributed by atoms with E-state index in [-0.39, 0.29) is 0 Å². The molecule has 3 atom stereocenters. The molecule has 1 rings (SSSR count). The number of amides is 1. The maximum Gasteiger partial charge on any atom is 0.407 e. The fraction of sp³-hybridized carbons (Fsp3) is 0.750. The Morgan fingerprint density at radius 3 is 1.68 bits per heavy atom. The van der Waals surface area contributed by atoms with Gasteiger partial charge in [0.15, 0.2) is 0 Å². The van der Waals surface area contributed by atoms with E-state index in [1.165, 1.54) is 14.2 Å². The van der Waals surface area contributed by atoms with E-state index in [4.69, 9.17) is 4.74 Å². The van der Waals surface area contributed by atoms with Gasteiger partial charge >= 0.3 is 18.0 Å². The van der Waals surface area contributed by atoms with Gasteiger partial charge in [0.25, 0.3) is 0 Å². The van der Waals surface area contributed by atoms with Gasteiger partial charge in [0.05, 0.1) is 32.1 Å². The summed E-state index contributed by atoms with van der Waals surface area (Å²) in [7, 11) is 2.44. The van der Waals surface area contributed by atoms with Gasteiger partial charge in [0.2, 0.25) is 0 Å². The molecule has 0 aromatic rings. The Balaban J connectivity index is 2.64. The first-order valence-corrected chi connectivity index (χ1v) is 5.86. The SMILES string of the molecule is COC(=O)[C@@H]1C(NC(=O)OC(C)(C)C)[C@@H]1C(=O)OC. The Bertz CT molecular complexity index is 364. The summed E-state index contributed by atoms with van der Waals surface area (Å²) in [5, 5.41) is 2.48. The van der Waals surface area contributed by atoms with E-state index in [9.17, 15) is 14.4 Å². The first-order chi connectivity index (χ1) is 8.71. The predicted molar refractivity (Wildman–Crippen MR) is 64.2 cm³/mol. The van der Waals surface area contributed by atoms with E-state index < -0.39 is 41.5 Å². The molecule has 0 heterocycles. The monoisotopic (exact) mass is 273 g/mol. The molecule has 0 radical (unpaired) electrons. The second-order valence-electron chi connectivity index (χ2n) is 5.27. The van der Waals surface area contributed by atoms with Crippen molar-refractivity contribution in [2.75, 3.05) is 14.2 Å². The minimum Gasteiger partial charge on any atom is -0.469 e. The number of esters is 2. The molecule has 0 aromatic heterocycles. The molecule has 0 aliphatic heterocycles. The highest BCUT2D eigenvalue weighted by molar-refractivity contribution is 5.90. The standard InChI is InChI=1S/C12H19NO6/c1-12(2,3)19-11(16)13-8-6(9(14)17-4)7(8)10(15)18-5/h6-8H,1-5H3,(H,13,16)/t6-,7+,8?. The third-order valence-electron chi connectivity index (χ3n) is 2.65. The van der Waals surface area contributed by atoms with Crippen LogP contribution in [0.5, 0.6) is 0 Å². The molecule has 1 aliphatic carbocycles. The molecule has 7 nitrogen and oxygen atoms in total. The van der Waals surface area contributed by atoms with Gasteiger partial charge in [-0.05, 0) is 20.8 Å². The average Bonchev–Trinajstić information content (AvgIpc) is 2.98. The van der Waals surface area contributed by atoms with Crippen molar-refractivity contribution >= 4 is 18.0 Å². The Hall–Kier alpha value is -1.79. The van der Waals surface area contributed by atoms with Crippen LogP contribution in [0.4, 0.5) is 4.79 Å². The van der Waals surface area contributed by atoms with Crippen molar-refractivity contribution in [2.45, 2.75) is 32.4 Å². The smallest absolute Gasteiger partial charge is 0.407 e. The molecule has 0 bridgehead atoms. The summed E-state index contributed by atoms with van der Waals surface area (Å²) in [6.07, 6.45) is -0.683. The molecule has 108 valence electrons. The minimum atomic E-state index is -0.718. The Morgan fingerprint density at radius 1 is 0.947 bits per heavy atom. The molecule has 0 spiro atoms. The van der Waals surface area contributed by atoms with Crippen LogP contribution in [-0.4, -0.2) is 43.9 Å². The second kappa shape index (κ2) is 5.46. The number of hydrogen-bond acceptors (Lipinski definition) is 6. The van der Waals surface area contributed by atoms with E-state index in [1.54, 1.807) is 20.8 Å². The van der Waals surface area contributed by atoms with Crippen LogP contribution >= 0.6 is 0 Å². The minimum absolute atomic E-state index is 0.559. The second-order valence-corrected chi connectivity index (χ2v) is 5.27. The predicted octanol–water partition coefficient (Wildman–Crippen LogP) is 0.472. The van der Waals surface area contributed by atoms with Crippen molar-refractivity contribution < 1.29 is 28.6 Å². The van der Waals surface area contributed by atoms with Gasteiger partial charge in [-0.1, -0.05) is 0 Å². The van der Waals surface area contributed by atoms with Crippen molar-refractivity contribution in [1.82, 2.24) is 5.32 Å². The maximum absolute atomic E-state index is 11.6. The number of nitrogens with one attached hydrogen (secondary N) is 1. The fourth-order valence-corrected chi connectivity index (χ4v) is 1.79. The molecule has 1 aliphatic rings. The van der Waals surface area contributed by atoms with Crippen LogP contribution in [0.2, 0.25) is 0 Å². The molecule has 1 saturated carbocycles. The van der Waals surface area contributed by atoms with Gasteiger partial charge in [0.1, 0.15) is 5.60 Å². The molecule has 1 amide bonds. The number of alkyl carbamates (subject to hydrolysis) is 1. The number of rotatable bonds is 3. The van der Waals surface area contributed by atoms with Crippen LogP contribution in [0, 0.1) is 11.8 Å². The molecule has 1 N–H and O–H groups in total. The van der Waals surface area contributed by atoms with E-state index >= 15 is 0 Å². The van der Waals surface area contributed by atoms with Crippen LogP contribution in [0.15, 0.2) is 0 Å². The maximum atomic E-state index is 11.6. The lowest BCUT2D eigenvalue weighted by Gasteiger charge is -2.19. The first-order valence-electron chi connectivity index (χ1n) is 5.86. The zero-order valence-corrected chi connectivity index (χ0v) is 11.7. The average molecular weight is 273 g/mol. The van der Waals surface area contributed by atoms with Gasteiger partial charge in [-0.3, -0.25) is 9.59 Å². The van der Waals surface area contributed by atoms with Gasteiger partial charge < -0.3 is 19.5 Å². The number of ether oxygens (including phenoxy) is 3. The lowest BCUT2D eigenvalue weighted by molar-refractivity contribution is -0.148. The molecular formula is C12H19NO6. The number of carbonyl (C=O) groups is 3. The quantitative estimate of drug-likeness (QED) is 0.594. The summed E-state index contributed by atoms with van der Waals surface area (Å²) >= 11 is 0. The van der Waals surface area contributed by atoms with Crippen molar-refractivity contribution in [3.05, 3.63) is 0 Å². The molecular weight excluding hydrogens is 254 g/mol. The third kappa shape index (κ3) is 3.84. The zero-order chi connectivity index (χ0) is 14.8. The topological polar surface area (TPSA) is 90.9 Å². The highest BCUT2D eigenvalue weighted by Crippen LogP contribution is 2.41. The normalized spacial score (nSPS) is 25.2. The third-order valence-corrected chi connectivity index (χ3v) is 2.65. The highest BCUT2D eigenvalue weighted by atomic mass is 16.6. The summed E-state index contributed by atoms with van der Waals surface area (Å²) in [6, 6.07) is -0.644. The van der Waals surface area contributed by atoms with E-state index in [0.29, 0.717) is 0 Å². The van der Waals surface area contributed by atoms with Gasteiger partial charge in [-0.2, -0.15) is 0 Å². The molecule has 1 fully saturated rings. The summed E-state index contributed by atoms with van der Waals surface area (Å²) in [5.41, 5.74) is -0.652. The van der Waals surface area contributed by atoms with Crippen molar-refractivity contribution in [3.8, 4) is 0 Å². The van der Waals surface area contributed by atoms with Crippen LogP contribution < -0.4 is 5.32 Å². The van der Waals surface area contributed by atoms with Crippen molar-refractivity contribution in [2.24, 2.45) is 11.8 Å². The van der Waals surface area contributed by atoms with Crippen LogP contribution in [0.25, 0.3) is 0 Å². The molecule has 7 heteroatoms. The molecule has 19 heavy (non-hydrogen) atoms. The lowest BCUT2D eigenvalue weighted by Crippen LogP contribution is -2.35. The largest absolute Gasteiger partial charge is 0.469 e. The van der Waals surface area contributed by atoms with Crippen molar-refractivity contribution in [1.29, 1.82) is 0 Å². The van der Waals surface area contributed by atoms with E-state index in [2.05, 4.69) is 14.8 Å². The van der Waals surface area contributed by atoms with Crippen LogP contribution in [0.3, 0.4) is 0 Å². The summed E-state index contributed by atoms with van der Waals surface area (Å²) in [4.78, 5) is 34.5. The van der Waals surface area contributed by atoms with Crippen LogP contribution in [-0.2, 0) is 23.8 Å². The highest BCUT2D eigenvalue weighted by Gasteiger charge is 2.62. The summed E-state index contributed by atoms with van der Waals surface area (Å²) in [6.45, 7) is 5.15. The summed E-state index contributed by atoms with van der Waals surface area (Å²) in [5.74, 6) is -2.55. The van der Waals surface area contributed by atoms with Gasteiger partial charge in [-0.15, -0.1) is 0 Å². The Morgan fingerprint density at radius 2 is 1.37 bits per heavy atom. The summed E-state index contributed by atoms with van der Waals surface area (Å²) < 4.78 is 14.2. The van der Waals surface area contributed by atoms with Crippen molar-refractivity contribution in [3.63, 3.8) is 0 Å². The van der Waals surface area contributed by atoms with Gasteiger partial charge in [0, 0.05) is 0 Å². The molecule has 1 unspecified atom stereocenters. The fourth-order valence-electron chi connectivity index (χ4n) is 1.79. The van der Waals surface area contributed by atoms with E-state index in [0.717, 1.165) is 0 Å². The zero-order valence-electron chi connectivity index (χ0n) is 11.7. The van der Waals surface area contributed by atoms with Crippen LogP contribution in [0.1, 0.15) is 20.8 Å².